The van der Waals surface area contributed by atoms with E-state index in [-0.39, 0.29) is 23.5 Å². The van der Waals surface area contributed by atoms with Gasteiger partial charge in [0.15, 0.2) is 23.1 Å². The molecule has 38 heavy (non-hydrogen) atoms. The van der Waals surface area contributed by atoms with E-state index in [4.69, 9.17) is 14.2 Å². The number of ether oxygens (including phenoxy) is 3. The summed E-state index contributed by atoms with van der Waals surface area (Å²) in [4.78, 5) is 13.2. The minimum Gasteiger partial charge on any atom is -0.495 e. The zero-order valence-electron chi connectivity index (χ0n) is 23.0. The minimum absolute atomic E-state index is 0.0639. The SMILES string of the molecule is CCCN(CCN(C)C)c1ccc(Nc2ncc(CCc3c(F)c(OC)cc(OC)c3F)cn2)cc1OC. The van der Waals surface area contributed by atoms with Gasteiger partial charge in [-0.2, -0.15) is 0 Å². The van der Waals surface area contributed by atoms with E-state index in [0.29, 0.717) is 12.4 Å². The molecule has 10 heteroatoms. The van der Waals surface area contributed by atoms with Crippen molar-refractivity contribution in [3.05, 3.63) is 59.4 Å². The van der Waals surface area contributed by atoms with Gasteiger partial charge >= 0.3 is 0 Å². The van der Waals surface area contributed by atoms with E-state index >= 15 is 0 Å². The second kappa shape index (κ2) is 13.8. The Kier molecular flexibility index (Phi) is 10.5. The predicted octanol–water partition coefficient (Wildman–Crippen LogP) is 5.09. The summed E-state index contributed by atoms with van der Waals surface area (Å²) in [6, 6.07) is 7.12. The monoisotopic (exact) mass is 529 g/mol. The Morgan fingerprint density at radius 2 is 1.45 bits per heavy atom. The maximum Gasteiger partial charge on any atom is 0.227 e. The van der Waals surface area contributed by atoms with E-state index in [0.717, 1.165) is 48.7 Å². The molecule has 1 heterocycles. The Balaban J connectivity index is 1.70. The molecule has 0 bridgehead atoms. The van der Waals surface area contributed by atoms with Crippen LogP contribution in [0.2, 0.25) is 0 Å². The van der Waals surface area contributed by atoms with Crippen molar-refractivity contribution in [2.75, 3.05) is 65.3 Å². The highest BCUT2D eigenvalue weighted by atomic mass is 19.1. The van der Waals surface area contributed by atoms with Crippen LogP contribution in [0.25, 0.3) is 0 Å². The fourth-order valence-corrected chi connectivity index (χ4v) is 4.06. The number of methoxy groups -OCH3 is 3. The van der Waals surface area contributed by atoms with Crippen molar-refractivity contribution in [1.29, 1.82) is 0 Å². The molecule has 0 spiro atoms. The molecule has 1 aromatic heterocycles. The van der Waals surface area contributed by atoms with Crippen LogP contribution >= 0.6 is 0 Å². The van der Waals surface area contributed by atoms with Gasteiger partial charge in [0, 0.05) is 55.4 Å². The summed E-state index contributed by atoms with van der Waals surface area (Å²) in [6.45, 7) is 4.92. The number of rotatable bonds is 14. The maximum atomic E-state index is 14.6. The van der Waals surface area contributed by atoms with E-state index < -0.39 is 11.6 Å². The van der Waals surface area contributed by atoms with Gasteiger partial charge in [-0.05, 0) is 51.1 Å². The van der Waals surface area contributed by atoms with E-state index in [1.165, 1.54) is 20.3 Å². The largest absolute Gasteiger partial charge is 0.495 e. The lowest BCUT2D eigenvalue weighted by Crippen LogP contribution is -2.32. The fourth-order valence-electron chi connectivity index (χ4n) is 4.06. The highest BCUT2D eigenvalue weighted by Crippen LogP contribution is 2.33. The average molecular weight is 530 g/mol. The van der Waals surface area contributed by atoms with Crippen molar-refractivity contribution >= 4 is 17.3 Å². The number of hydrogen-bond acceptors (Lipinski definition) is 8. The summed E-state index contributed by atoms with van der Waals surface area (Å²) >= 11 is 0. The fraction of sp³-hybridized carbons (Fsp3) is 0.429. The molecule has 2 aromatic carbocycles. The second-order valence-corrected chi connectivity index (χ2v) is 9.10. The molecule has 0 fully saturated rings. The lowest BCUT2D eigenvalue weighted by Gasteiger charge is -2.27. The quantitative estimate of drug-likeness (QED) is 0.310. The van der Waals surface area contributed by atoms with Crippen LogP contribution in [-0.4, -0.2) is 69.9 Å². The molecule has 0 amide bonds. The number of aromatic nitrogens is 2. The van der Waals surface area contributed by atoms with Crippen LogP contribution in [0.15, 0.2) is 36.7 Å². The average Bonchev–Trinajstić information content (AvgIpc) is 2.92. The highest BCUT2D eigenvalue weighted by Gasteiger charge is 2.20. The lowest BCUT2D eigenvalue weighted by molar-refractivity contribution is 0.353. The second-order valence-electron chi connectivity index (χ2n) is 9.10. The normalized spacial score (nSPS) is 11.0. The summed E-state index contributed by atoms with van der Waals surface area (Å²) < 4.78 is 45.0. The van der Waals surface area contributed by atoms with Gasteiger partial charge in [-0.15, -0.1) is 0 Å². The minimum atomic E-state index is -0.735. The number of anilines is 3. The van der Waals surface area contributed by atoms with E-state index in [9.17, 15) is 8.78 Å². The van der Waals surface area contributed by atoms with Crippen LogP contribution in [0.4, 0.5) is 26.1 Å². The smallest absolute Gasteiger partial charge is 0.227 e. The summed E-state index contributed by atoms with van der Waals surface area (Å²) in [7, 11) is 8.44. The number of aryl methyl sites for hydroxylation is 1. The first-order chi connectivity index (χ1) is 18.3. The Morgan fingerprint density at radius 3 is 2.00 bits per heavy atom. The van der Waals surface area contributed by atoms with Crippen molar-refractivity contribution in [1.82, 2.24) is 14.9 Å². The summed E-state index contributed by atoms with van der Waals surface area (Å²) in [5, 5.41) is 3.19. The van der Waals surface area contributed by atoms with E-state index in [2.05, 4.69) is 46.1 Å². The van der Waals surface area contributed by atoms with Crippen molar-refractivity contribution in [3.8, 4) is 17.2 Å². The Labute approximate surface area is 223 Å². The van der Waals surface area contributed by atoms with Gasteiger partial charge in [-0.25, -0.2) is 18.7 Å². The number of halogens is 2. The molecule has 206 valence electrons. The number of nitrogens with one attached hydrogen (secondary N) is 1. The summed E-state index contributed by atoms with van der Waals surface area (Å²) in [6.07, 6.45) is 4.74. The number of hydrogen-bond donors (Lipinski definition) is 1. The molecule has 0 atom stereocenters. The van der Waals surface area contributed by atoms with Crippen molar-refractivity contribution in [2.45, 2.75) is 26.2 Å². The lowest BCUT2D eigenvalue weighted by atomic mass is 10.0. The highest BCUT2D eigenvalue weighted by molar-refractivity contribution is 5.67. The molecular weight excluding hydrogens is 492 g/mol. The van der Waals surface area contributed by atoms with Crippen molar-refractivity contribution in [2.24, 2.45) is 0 Å². The molecule has 0 radical (unpaired) electrons. The molecule has 3 rings (SSSR count). The van der Waals surface area contributed by atoms with Crippen LogP contribution in [0.1, 0.15) is 24.5 Å². The number of benzene rings is 2. The first kappa shape index (κ1) is 28.9. The van der Waals surface area contributed by atoms with Gasteiger partial charge in [0.05, 0.1) is 27.0 Å². The van der Waals surface area contributed by atoms with Gasteiger partial charge in [0.1, 0.15) is 5.75 Å². The summed E-state index contributed by atoms with van der Waals surface area (Å²) in [5.74, 6) is -0.432. The molecule has 0 unspecified atom stereocenters. The third kappa shape index (κ3) is 7.22. The molecule has 0 aliphatic rings. The topological polar surface area (TPSA) is 72.0 Å². The van der Waals surface area contributed by atoms with Gasteiger partial charge in [0.25, 0.3) is 0 Å². The van der Waals surface area contributed by atoms with E-state index in [1.807, 2.05) is 18.2 Å². The molecular formula is C28H37F2N5O3. The zero-order valence-corrected chi connectivity index (χ0v) is 23.0. The van der Waals surface area contributed by atoms with Gasteiger partial charge in [-0.1, -0.05) is 6.92 Å². The zero-order chi connectivity index (χ0) is 27.7. The molecule has 8 nitrogen and oxygen atoms in total. The third-order valence-electron chi connectivity index (χ3n) is 6.12. The first-order valence-electron chi connectivity index (χ1n) is 12.6. The van der Waals surface area contributed by atoms with Crippen molar-refractivity contribution < 1.29 is 23.0 Å². The van der Waals surface area contributed by atoms with Gasteiger partial charge in [-0.3, -0.25) is 0 Å². The third-order valence-corrected chi connectivity index (χ3v) is 6.12. The molecule has 0 aliphatic heterocycles. The molecule has 0 aliphatic carbocycles. The van der Waals surface area contributed by atoms with Gasteiger partial charge in [0.2, 0.25) is 5.95 Å². The van der Waals surface area contributed by atoms with Crippen molar-refractivity contribution in [3.63, 3.8) is 0 Å². The molecule has 0 saturated carbocycles. The molecule has 0 saturated heterocycles. The summed E-state index contributed by atoms with van der Waals surface area (Å²) in [5.41, 5.74) is 2.46. The van der Waals surface area contributed by atoms with Crippen LogP contribution in [0, 0.1) is 11.6 Å². The number of likely N-dealkylation sites (N-methyl/N-ethyl adjacent to an activating group) is 1. The first-order valence-corrected chi connectivity index (χ1v) is 12.6. The van der Waals surface area contributed by atoms with E-state index in [1.54, 1.807) is 19.5 Å². The van der Waals surface area contributed by atoms with Crippen LogP contribution in [-0.2, 0) is 12.8 Å². The molecule has 1 N–H and O–H groups in total. The standard InChI is InChI=1S/C28H37F2N5O3/c1-7-12-35(14-13-34(2)3)22-11-9-20(15-23(22)36-4)33-28-31-17-19(18-32-28)8-10-21-26(29)24(37-5)16-25(38-6)27(21)30/h9,11,15-18H,7-8,10,12-14H2,1-6H3,(H,31,32,33). The van der Waals surface area contributed by atoms with Crippen LogP contribution in [0.5, 0.6) is 17.2 Å². The molecule has 3 aromatic rings. The van der Waals surface area contributed by atoms with Gasteiger partial charge < -0.3 is 29.3 Å². The Hall–Kier alpha value is -3.66. The Morgan fingerprint density at radius 1 is 0.816 bits per heavy atom. The predicted molar refractivity (Wildman–Crippen MR) is 146 cm³/mol. The number of nitrogens with zero attached hydrogens (tertiary/aromatic N) is 4. The maximum absolute atomic E-state index is 14.6. The Bertz CT molecular complexity index is 1160. The van der Waals surface area contributed by atoms with Crippen LogP contribution in [0.3, 0.4) is 0 Å². The van der Waals surface area contributed by atoms with Crippen LogP contribution < -0.4 is 24.4 Å².